The lowest BCUT2D eigenvalue weighted by atomic mass is 10.2. The Balaban J connectivity index is 1.39. The largest absolute Gasteiger partial charge is 0.497 e. The number of nitrogens with one attached hydrogen (secondary N) is 1. The Morgan fingerprint density at radius 2 is 2.00 bits per heavy atom. The zero-order valence-electron chi connectivity index (χ0n) is 16.5. The molecule has 0 unspecified atom stereocenters. The Morgan fingerprint density at radius 1 is 1.23 bits per heavy atom. The molecule has 1 N–H and O–H groups in total. The van der Waals surface area contributed by atoms with Crippen LogP contribution in [-0.2, 0) is 11.3 Å². The van der Waals surface area contributed by atoms with Crippen LogP contribution in [0.4, 0.5) is 5.82 Å². The van der Waals surface area contributed by atoms with Gasteiger partial charge in [-0.1, -0.05) is 11.6 Å². The number of methoxy groups -OCH3 is 1. The molecule has 30 heavy (non-hydrogen) atoms. The Labute approximate surface area is 179 Å². The van der Waals surface area contributed by atoms with E-state index in [9.17, 15) is 4.79 Å². The highest BCUT2D eigenvalue weighted by Crippen LogP contribution is 2.22. The molecule has 9 heteroatoms. The third-order valence-corrected chi connectivity index (χ3v) is 5.09. The molecule has 1 aromatic carbocycles. The molecule has 4 rings (SSSR count). The number of hydrogen-bond acceptors (Lipinski definition) is 6. The molecule has 3 heterocycles. The van der Waals surface area contributed by atoms with Gasteiger partial charge in [0.15, 0.2) is 0 Å². The van der Waals surface area contributed by atoms with E-state index < -0.39 is 0 Å². The Kier molecular flexibility index (Phi) is 6.15. The third kappa shape index (κ3) is 4.55. The summed E-state index contributed by atoms with van der Waals surface area (Å²) in [5.74, 6) is 1.22. The van der Waals surface area contributed by atoms with Gasteiger partial charge in [-0.05, 0) is 36.4 Å². The predicted molar refractivity (Wildman–Crippen MR) is 113 cm³/mol. The zero-order valence-corrected chi connectivity index (χ0v) is 17.3. The number of nitrogens with zero attached hydrogens (tertiary/aromatic N) is 4. The van der Waals surface area contributed by atoms with Crippen molar-refractivity contribution in [2.45, 2.75) is 6.54 Å². The fraction of sp³-hybridized carbons (Fsp3) is 0.286. The number of carbonyl (C=O) groups is 1. The number of hydrogen-bond donors (Lipinski definition) is 1. The first-order chi connectivity index (χ1) is 14.6. The molecular formula is C21H22ClN5O3. The molecule has 1 amide bonds. The molecule has 0 saturated carbocycles. The molecule has 1 fully saturated rings. The summed E-state index contributed by atoms with van der Waals surface area (Å²) in [4.78, 5) is 18.6. The molecule has 0 aliphatic carbocycles. The van der Waals surface area contributed by atoms with Crippen molar-refractivity contribution in [3.8, 4) is 11.4 Å². The van der Waals surface area contributed by atoms with Crippen LogP contribution in [0, 0.1) is 0 Å². The van der Waals surface area contributed by atoms with Crippen LogP contribution in [0.5, 0.6) is 5.75 Å². The van der Waals surface area contributed by atoms with Crippen LogP contribution in [0.15, 0.2) is 48.8 Å². The van der Waals surface area contributed by atoms with Crippen molar-refractivity contribution in [1.82, 2.24) is 19.7 Å². The van der Waals surface area contributed by atoms with E-state index >= 15 is 0 Å². The average molecular weight is 428 g/mol. The summed E-state index contributed by atoms with van der Waals surface area (Å²) in [5.41, 5.74) is 2.23. The Hall–Kier alpha value is -3.10. The van der Waals surface area contributed by atoms with Gasteiger partial charge in [-0.15, -0.1) is 0 Å². The highest BCUT2D eigenvalue weighted by atomic mass is 35.5. The van der Waals surface area contributed by atoms with Crippen LogP contribution in [0.1, 0.15) is 16.1 Å². The highest BCUT2D eigenvalue weighted by Gasteiger charge is 2.19. The lowest BCUT2D eigenvalue weighted by Crippen LogP contribution is -2.40. The molecule has 156 valence electrons. The number of amides is 1. The number of carbonyl (C=O) groups excluding carboxylic acids is 1. The number of anilines is 1. The van der Waals surface area contributed by atoms with Crippen LogP contribution >= 0.6 is 11.6 Å². The van der Waals surface area contributed by atoms with E-state index in [0.717, 1.165) is 17.1 Å². The van der Waals surface area contributed by atoms with Crippen molar-refractivity contribution in [1.29, 1.82) is 0 Å². The molecule has 1 saturated heterocycles. The summed E-state index contributed by atoms with van der Waals surface area (Å²) >= 11 is 6.35. The lowest BCUT2D eigenvalue weighted by Gasteiger charge is -2.26. The van der Waals surface area contributed by atoms with Gasteiger partial charge in [-0.2, -0.15) is 5.10 Å². The van der Waals surface area contributed by atoms with Gasteiger partial charge in [0.2, 0.25) is 0 Å². The van der Waals surface area contributed by atoms with Gasteiger partial charge in [0.25, 0.3) is 5.91 Å². The smallest absolute Gasteiger partial charge is 0.255 e. The van der Waals surface area contributed by atoms with E-state index in [1.165, 1.54) is 0 Å². The van der Waals surface area contributed by atoms with Gasteiger partial charge in [-0.25, -0.2) is 9.67 Å². The standard InChI is InChI=1S/C21H22ClN5O3/c1-29-18-4-2-17(3-5-18)27-7-6-16(25-27)14-24-20-19(22)12-15(13-23-20)21(28)26-8-10-30-11-9-26/h2-7,12-13H,8-11,14H2,1H3,(H,23,24). The van der Waals surface area contributed by atoms with Crippen molar-refractivity contribution in [3.05, 3.63) is 65.1 Å². The van der Waals surface area contributed by atoms with Gasteiger partial charge in [0.05, 0.1) is 48.8 Å². The summed E-state index contributed by atoms with van der Waals surface area (Å²) in [5, 5.41) is 8.12. The second-order valence-electron chi connectivity index (χ2n) is 6.76. The number of aromatic nitrogens is 3. The van der Waals surface area contributed by atoms with E-state index in [1.54, 1.807) is 29.0 Å². The molecule has 1 aliphatic heterocycles. The van der Waals surface area contributed by atoms with Crippen molar-refractivity contribution in [3.63, 3.8) is 0 Å². The number of ether oxygens (including phenoxy) is 2. The van der Waals surface area contributed by atoms with Gasteiger partial charge in [0.1, 0.15) is 11.6 Å². The molecule has 2 aromatic heterocycles. The second kappa shape index (κ2) is 9.15. The molecule has 8 nitrogen and oxygen atoms in total. The number of halogens is 1. The quantitative estimate of drug-likeness (QED) is 0.651. The molecule has 0 atom stereocenters. The number of morpholine rings is 1. The summed E-state index contributed by atoms with van der Waals surface area (Å²) in [6.07, 6.45) is 3.43. The van der Waals surface area contributed by atoms with Crippen LogP contribution in [-0.4, -0.2) is 59.0 Å². The predicted octanol–water partition coefficient (Wildman–Crippen LogP) is 3.01. The monoisotopic (exact) mass is 427 g/mol. The van der Waals surface area contributed by atoms with Gasteiger partial charge >= 0.3 is 0 Å². The van der Waals surface area contributed by atoms with Crippen LogP contribution in [0.25, 0.3) is 5.69 Å². The zero-order chi connectivity index (χ0) is 20.9. The molecule has 1 aliphatic rings. The first-order valence-corrected chi connectivity index (χ1v) is 9.97. The number of benzene rings is 1. The van der Waals surface area contributed by atoms with Crippen LogP contribution < -0.4 is 10.1 Å². The first kappa shape index (κ1) is 20.2. The van der Waals surface area contributed by atoms with Gasteiger partial charge in [-0.3, -0.25) is 4.79 Å². The Morgan fingerprint density at radius 3 is 2.70 bits per heavy atom. The van der Waals surface area contributed by atoms with E-state index in [4.69, 9.17) is 21.1 Å². The van der Waals surface area contributed by atoms with Crippen LogP contribution in [0.2, 0.25) is 5.02 Å². The van der Waals surface area contributed by atoms with Gasteiger partial charge < -0.3 is 19.7 Å². The average Bonchev–Trinajstić information content (AvgIpc) is 3.27. The Bertz CT molecular complexity index is 1020. The summed E-state index contributed by atoms with van der Waals surface area (Å²) in [6.45, 7) is 2.71. The minimum atomic E-state index is -0.0857. The molecular weight excluding hydrogens is 406 g/mol. The summed E-state index contributed by atoms with van der Waals surface area (Å²) in [7, 11) is 1.64. The maximum Gasteiger partial charge on any atom is 0.255 e. The topological polar surface area (TPSA) is 81.5 Å². The lowest BCUT2D eigenvalue weighted by molar-refractivity contribution is 0.0302. The minimum Gasteiger partial charge on any atom is -0.497 e. The summed E-state index contributed by atoms with van der Waals surface area (Å²) < 4.78 is 12.2. The van der Waals surface area contributed by atoms with E-state index in [-0.39, 0.29) is 5.91 Å². The maximum atomic E-state index is 12.6. The summed E-state index contributed by atoms with van der Waals surface area (Å²) in [6, 6.07) is 11.2. The fourth-order valence-electron chi connectivity index (χ4n) is 3.14. The molecule has 0 radical (unpaired) electrons. The molecule has 3 aromatic rings. The molecule has 0 bridgehead atoms. The SMILES string of the molecule is COc1ccc(-n2ccc(CNc3ncc(C(=O)N4CCOCC4)cc3Cl)n2)cc1. The van der Waals surface area contributed by atoms with Gasteiger partial charge in [0, 0.05) is 25.5 Å². The third-order valence-electron chi connectivity index (χ3n) is 4.80. The van der Waals surface area contributed by atoms with Crippen molar-refractivity contribution >= 4 is 23.3 Å². The minimum absolute atomic E-state index is 0.0857. The van der Waals surface area contributed by atoms with E-state index in [1.807, 2.05) is 36.5 Å². The molecule has 0 spiro atoms. The van der Waals surface area contributed by atoms with Crippen molar-refractivity contribution in [2.24, 2.45) is 0 Å². The highest BCUT2D eigenvalue weighted by molar-refractivity contribution is 6.33. The maximum absolute atomic E-state index is 12.6. The number of rotatable bonds is 6. The first-order valence-electron chi connectivity index (χ1n) is 9.59. The van der Waals surface area contributed by atoms with Crippen molar-refractivity contribution in [2.75, 3.05) is 38.7 Å². The second-order valence-corrected chi connectivity index (χ2v) is 7.17. The number of pyridine rings is 1. The van der Waals surface area contributed by atoms with Crippen LogP contribution in [0.3, 0.4) is 0 Å². The van der Waals surface area contributed by atoms with E-state index in [0.29, 0.717) is 49.3 Å². The fourth-order valence-corrected chi connectivity index (χ4v) is 3.38. The van der Waals surface area contributed by atoms with Crippen molar-refractivity contribution < 1.29 is 14.3 Å². The van der Waals surface area contributed by atoms with E-state index in [2.05, 4.69) is 15.4 Å². The normalized spacial score (nSPS) is 13.9.